The number of hydrogen-bond acceptors (Lipinski definition) is 7. The zero-order valence-electron chi connectivity index (χ0n) is 15.1. The Labute approximate surface area is 162 Å². The van der Waals surface area contributed by atoms with Gasteiger partial charge in [-0.2, -0.15) is 4.98 Å². The van der Waals surface area contributed by atoms with Gasteiger partial charge in [-0.3, -0.25) is 0 Å². The summed E-state index contributed by atoms with van der Waals surface area (Å²) in [5.41, 5.74) is 0. The predicted octanol–water partition coefficient (Wildman–Crippen LogP) is 1.71. The minimum absolute atomic E-state index is 0.838. The third-order valence-corrected chi connectivity index (χ3v) is 5.52. The van der Waals surface area contributed by atoms with Crippen molar-refractivity contribution in [1.82, 2.24) is 19.9 Å². The lowest BCUT2D eigenvalue weighted by Crippen LogP contribution is -2.48. The molecule has 2 aromatic rings. The number of anilines is 3. The first kappa shape index (κ1) is 17.5. The van der Waals surface area contributed by atoms with Crippen LogP contribution in [0, 0.1) is 0 Å². The molecule has 0 amide bonds. The van der Waals surface area contributed by atoms with Crippen molar-refractivity contribution >= 4 is 33.5 Å². The van der Waals surface area contributed by atoms with E-state index >= 15 is 0 Å². The molecule has 0 aromatic carbocycles. The highest BCUT2D eigenvalue weighted by Crippen LogP contribution is 2.20. The van der Waals surface area contributed by atoms with E-state index in [0.717, 1.165) is 74.4 Å². The lowest BCUT2D eigenvalue weighted by molar-refractivity contribution is 0.312. The van der Waals surface area contributed by atoms with Gasteiger partial charge in [0.15, 0.2) is 0 Å². The van der Waals surface area contributed by atoms with Crippen LogP contribution < -0.4 is 14.7 Å². The molecule has 2 aliphatic rings. The van der Waals surface area contributed by atoms with Crippen molar-refractivity contribution in [1.29, 1.82) is 0 Å². The molecule has 0 bridgehead atoms. The first-order valence-electron chi connectivity index (χ1n) is 9.07. The van der Waals surface area contributed by atoms with Crippen LogP contribution >= 0.6 is 15.9 Å². The van der Waals surface area contributed by atoms with Crippen molar-refractivity contribution in [3.63, 3.8) is 0 Å². The molecule has 2 fully saturated rings. The molecular weight excluding hydrogens is 394 g/mol. The molecule has 0 saturated carbocycles. The fourth-order valence-electron chi connectivity index (χ4n) is 3.39. The Kier molecular flexibility index (Phi) is 5.21. The number of aromatic nitrogens is 3. The number of rotatable bonds is 3. The van der Waals surface area contributed by atoms with E-state index < -0.39 is 0 Å². The van der Waals surface area contributed by atoms with E-state index in [4.69, 9.17) is 4.98 Å². The van der Waals surface area contributed by atoms with Crippen LogP contribution in [0.1, 0.15) is 0 Å². The summed E-state index contributed by atoms with van der Waals surface area (Å²) in [5.74, 6) is 2.91. The summed E-state index contributed by atoms with van der Waals surface area (Å²) >= 11 is 3.44. The molecule has 0 spiro atoms. The van der Waals surface area contributed by atoms with Crippen molar-refractivity contribution in [2.75, 3.05) is 74.1 Å². The van der Waals surface area contributed by atoms with Gasteiger partial charge in [-0.25, -0.2) is 9.97 Å². The summed E-state index contributed by atoms with van der Waals surface area (Å²) in [6.07, 6.45) is 3.74. The molecule has 2 aromatic heterocycles. The van der Waals surface area contributed by atoms with Crippen molar-refractivity contribution < 1.29 is 0 Å². The maximum Gasteiger partial charge on any atom is 0.227 e. The third-order valence-electron chi connectivity index (χ3n) is 5.05. The van der Waals surface area contributed by atoms with E-state index in [1.54, 1.807) is 0 Å². The summed E-state index contributed by atoms with van der Waals surface area (Å²) < 4.78 is 1.01. The van der Waals surface area contributed by atoms with Crippen LogP contribution in [0.2, 0.25) is 0 Å². The molecule has 8 heteroatoms. The number of halogens is 1. The monoisotopic (exact) mass is 417 g/mol. The molecular formula is C18H24BrN7. The molecule has 2 aliphatic heterocycles. The second-order valence-corrected chi connectivity index (χ2v) is 7.73. The van der Waals surface area contributed by atoms with Gasteiger partial charge < -0.3 is 19.6 Å². The van der Waals surface area contributed by atoms with E-state index in [1.807, 2.05) is 24.5 Å². The van der Waals surface area contributed by atoms with Crippen LogP contribution in [0.25, 0.3) is 0 Å². The molecule has 0 unspecified atom stereocenters. The molecule has 0 aliphatic carbocycles. The van der Waals surface area contributed by atoms with E-state index in [0.29, 0.717) is 0 Å². The zero-order chi connectivity index (χ0) is 17.9. The van der Waals surface area contributed by atoms with E-state index in [-0.39, 0.29) is 0 Å². The molecule has 4 rings (SSSR count). The first-order valence-corrected chi connectivity index (χ1v) is 9.86. The summed E-state index contributed by atoms with van der Waals surface area (Å²) in [4.78, 5) is 23.2. The van der Waals surface area contributed by atoms with Gasteiger partial charge in [0.1, 0.15) is 11.6 Å². The topological polar surface area (TPSA) is 51.6 Å². The van der Waals surface area contributed by atoms with Gasteiger partial charge in [-0.15, -0.1) is 0 Å². The number of hydrogen-bond donors (Lipinski definition) is 0. The summed E-state index contributed by atoms with van der Waals surface area (Å²) in [7, 11) is 2.17. The Balaban J connectivity index is 1.40. The van der Waals surface area contributed by atoms with Gasteiger partial charge in [0, 0.05) is 69.2 Å². The molecule has 0 atom stereocenters. The fourth-order valence-corrected chi connectivity index (χ4v) is 3.63. The Morgan fingerprint density at radius 1 is 0.769 bits per heavy atom. The predicted molar refractivity (Wildman–Crippen MR) is 108 cm³/mol. The number of likely N-dealkylation sites (N-methyl/N-ethyl adjacent to an activating group) is 1. The average Bonchev–Trinajstić information content (AvgIpc) is 2.69. The number of nitrogens with zero attached hydrogens (tertiary/aromatic N) is 7. The smallest absolute Gasteiger partial charge is 0.227 e. The lowest BCUT2D eigenvalue weighted by atomic mass is 10.3. The van der Waals surface area contributed by atoms with Gasteiger partial charge in [0.25, 0.3) is 0 Å². The van der Waals surface area contributed by atoms with Crippen LogP contribution in [0.5, 0.6) is 0 Å². The van der Waals surface area contributed by atoms with Crippen LogP contribution in [-0.2, 0) is 0 Å². The minimum Gasteiger partial charge on any atom is -0.354 e. The van der Waals surface area contributed by atoms with Crippen LogP contribution in [0.15, 0.2) is 35.1 Å². The minimum atomic E-state index is 0.838. The summed E-state index contributed by atoms with van der Waals surface area (Å²) in [6.45, 7) is 7.88. The normalized spacial score (nSPS) is 19.1. The van der Waals surface area contributed by atoms with Gasteiger partial charge in [-0.1, -0.05) is 0 Å². The van der Waals surface area contributed by atoms with Crippen molar-refractivity contribution in [3.8, 4) is 0 Å². The van der Waals surface area contributed by atoms with Crippen LogP contribution in [-0.4, -0.2) is 79.3 Å². The van der Waals surface area contributed by atoms with Crippen molar-refractivity contribution in [2.45, 2.75) is 0 Å². The quantitative estimate of drug-likeness (QED) is 0.753. The Morgan fingerprint density at radius 3 is 2.12 bits per heavy atom. The molecule has 0 N–H and O–H groups in total. The second kappa shape index (κ2) is 7.75. The molecule has 0 radical (unpaired) electrons. The maximum atomic E-state index is 4.84. The largest absolute Gasteiger partial charge is 0.354 e. The average molecular weight is 418 g/mol. The molecule has 2 saturated heterocycles. The summed E-state index contributed by atoms with van der Waals surface area (Å²) in [5, 5.41) is 0. The SMILES string of the molecule is CN1CCN(c2ccnc(N3CCN(c4ccc(Br)cn4)CC3)n2)CC1. The summed E-state index contributed by atoms with van der Waals surface area (Å²) in [6, 6.07) is 6.12. The van der Waals surface area contributed by atoms with Crippen molar-refractivity contribution in [2.24, 2.45) is 0 Å². The lowest BCUT2D eigenvalue weighted by Gasteiger charge is -2.36. The zero-order valence-corrected chi connectivity index (χ0v) is 16.6. The Morgan fingerprint density at radius 2 is 1.42 bits per heavy atom. The highest BCUT2D eigenvalue weighted by molar-refractivity contribution is 9.10. The highest BCUT2D eigenvalue weighted by Gasteiger charge is 2.21. The molecule has 138 valence electrons. The Bertz CT molecular complexity index is 723. The Hall–Kier alpha value is -1.93. The number of pyridine rings is 1. The molecule has 4 heterocycles. The van der Waals surface area contributed by atoms with E-state index in [2.05, 4.69) is 58.6 Å². The van der Waals surface area contributed by atoms with E-state index in [9.17, 15) is 0 Å². The van der Waals surface area contributed by atoms with Gasteiger partial charge in [-0.05, 0) is 41.2 Å². The van der Waals surface area contributed by atoms with Gasteiger partial charge in [0.2, 0.25) is 5.95 Å². The van der Waals surface area contributed by atoms with Gasteiger partial charge in [0.05, 0.1) is 0 Å². The fraction of sp³-hybridized carbons (Fsp3) is 0.500. The molecule has 26 heavy (non-hydrogen) atoms. The highest BCUT2D eigenvalue weighted by atomic mass is 79.9. The third kappa shape index (κ3) is 3.91. The van der Waals surface area contributed by atoms with Crippen molar-refractivity contribution in [3.05, 3.63) is 35.1 Å². The number of piperazine rings is 2. The standard InChI is InChI=1S/C18H24BrN7/c1-23-6-8-25(9-7-23)17-4-5-20-18(22-17)26-12-10-24(11-13-26)16-3-2-15(19)14-21-16/h2-5,14H,6-13H2,1H3. The van der Waals surface area contributed by atoms with Gasteiger partial charge >= 0.3 is 0 Å². The van der Waals surface area contributed by atoms with E-state index in [1.165, 1.54) is 0 Å². The second-order valence-electron chi connectivity index (χ2n) is 6.81. The molecule has 7 nitrogen and oxygen atoms in total. The maximum absolute atomic E-state index is 4.84. The van der Waals surface area contributed by atoms with Crippen LogP contribution in [0.3, 0.4) is 0 Å². The first-order chi connectivity index (χ1) is 12.7. The van der Waals surface area contributed by atoms with Crippen LogP contribution in [0.4, 0.5) is 17.6 Å².